The molecule has 1 fully saturated rings. The monoisotopic (exact) mass is 290 g/mol. The predicted octanol–water partition coefficient (Wildman–Crippen LogP) is 1.92. The number of hydrogen-bond donors (Lipinski definition) is 2. The largest absolute Gasteiger partial charge is 0.481 e. The van der Waals surface area contributed by atoms with Crippen molar-refractivity contribution in [2.75, 3.05) is 6.54 Å². The normalized spacial score (nSPS) is 19.4. The summed E-state index contributed by atoms with van der Waals surface area (Å²) < 4.78 is 0. The van der Waals surface area contributed by atoms with Crippen molar-refractivity contribution in [2.45, 2.75) is 45.2 Å². The number of carbonyl (C=O) groups is 2. The molecule has 0 aromatic heterocycles. The summed E-state index contributed by atoms with van der Waals surface area (Å²) in [6.45, 7) is 3.61. The lowest BCUT2D eigenvalue weighted by molar-refractivity contribution is -0.138. The van der Waals surface area contributed by atoms with E-state index in [0.29, 0.717) is 5.56 Å². The first-order valence-corrected chi connectivity index (χ1v) is 7.32. The third-order valence-electron chi connectivity index (χ3n) is 4.16. The number of carboxylic acids is 1. The van der Waals surface area contributed by atoms with E-state index in [2.05, 4.69) is 4.90 Å². The minimum absolute atomic E-state index is 0.103. The Morgan fingerprint density at radius 2 is 2.14 bits per heavy atom. The van der Waals surface area contributed by atoms with Gasteiger partial charge in [0.15, 0.2) is 0 Å². The van der Waals surface area contributed by atoms with Crippen LogP contribution in [0.4, 0.5) is 0 Å². The molecular weight excluding hydrogens is 268 g/mol. The maximum atomic E-state index is 11.2. The fourth-order valence-electron chi connectivity index (χ4n) is 2.95. The van der Waals surface area contributed by atoms with Crippen molar-refractivity contribution in [2.24, 2.45) is 5.73 Å². The molecule has 1 atom stereocenters. The molecule has 1 heterocycles. The van der Waals surface area contributed by atoms with Crippen molar-refractivity contribution in [1.82, 2.24) is 4.90 Å². The lowest BCUT2D eigenvalue weighted by atomic mass is 9.97. The molecule has 0 aliphatic carbocycles. The molecule has 0 spiro atoms. The minimum atomic E-state index is -0.743. The molecule has 1 unspecified atom stereocenters. The average Bonchev–Trinajstić information content (AvgIpc) is 2.42. The van der Waals surface area contributed by atoms with Gasteiger partial charge in [-0.25, -0.2) is 0 Å². The van der Waals surface area contributed by atoms with Crippen LogP contribution in [0.3, 0.4) is 0 Å². The standard InChI is InChI=1S/C16H22N2O3/c1-11-8-12(16(17)21)5-6-13(11)10-18-7-3-2-4-14(18)9-15(19)20/h5-6,8,14H,2-4,7,9-10H2,1H3,(H2,17,21)(H,19,20). The fraction of sp³-hybridized carbons (Fsp3) is 0.500. The summed E-state index contributed by atoms with van der Waals surface area (Å²) in [5.41, 5.74) is 7.93. The number of carbonyl (C=O) groups excluding carboxylic acids is 1. The first-order chi connectivity index (χ1) is 9.97. The van der Waals surface area contributed by atoms with Crippen molar-refractivity contribution < 1.29 is 14.7 Å². The maximum absolute atomic E-state index is 11.2. The molecule has 2 rings (SSSR count). The molecule has 114 valence electrons. The van der Waals surface area contributed by atoms with Gasteiger partial charge in [-0.15, -0.1) is 0 Å². The van der Waals surface area contributed by atoms with Gasteiger partial charge in [0.05, 0.1) is 6.42 Å². The summed E-state index contributed by atoms with van der Waals surface area (Å²) >= 11 is 0. The summed E-state index contributed by atoms with van der Waals surface area (Å²) in [6.07, 6.45) is 3.33. The summed E-state index contributed by atoms with van der Waals surface area (Å²) in [4.78, 5) is 24.4. The lowest BCUT2D eigenvalue weighted by Gasteiger charge is -2.35. The molecule has 0 saturated carbocycles. The Morgan fingerprint density at radius 1 is 1.38 bits per heavy atom. The number of nitrogens with two attached hydrogens (primary N) is 1. The molecular formula is C16H22N2O3. The van der Waals surface area contributed by atoms with Crippen LogP contribution in [0.25, 0.3) is 0 Å². The predicted molar refractivity (Wildman–Crippen MR) is 80.0 cm³/mol. The van der Waals surface area contributed by atoms with Crippen molar-refractivity contribution in [3.05, 3.63) is 34.9 Å². The Balaban J connectivity index is 2.11. The quantitative estimate of drug-likeness (QED) is 0.868. The van der Waals surface area contributed by atoms with Crippen molar-refractivity contribution in [1.29, 1.82) is 0 Å². The smallest absolute Gasteiger partial charge is 0.304 e. The van der Waals surface area contributed by atoms with Gasteiger partial charge in [-0.3, -0.25) is 14.5 Å². The summed E-state index contributed by atoms with van der Waals surface area (Å²) in [5, 5.41) is 9.02. The second-order valence-corrected chi connectivity index (χ2v) is 5.72. The number of aliphatic carboxylic acids is 1. The molecule has 1 amide bonds. The highest BCUT2D eigenvalue weighted by Crippen LogP contribution is 2.23. The molecule has 21 heavy (non-hydrogen) atoms. The van der Waals surface area contributed by atoms with Gasteiger partial charge in [0.1, 0.15) is 0 Å². The molecule has 1 saturated heterocycles. The van der Waals surface area contributed by atoms with Crippen LogP contribution in [0.2, 0.25) is 0 Å². The van der Waals surface area contributed by atoms with Crippen LogP contribution in [-0.4, -0.2) is 34.5 Å². The molecule has 5 nitrogen and oxygen atoms in total. The van der Waals surface area contributed by atoms with E-state index in [4.69, 9.17) is 10.8 Å². The van der Waals surface area contributed by atoms with Gasteiger partial charge in [0.25, 0.3) is 0 Å². The third kappa shape index (κ3) is 4.04. The van der Waals surface area contributed by atoms with Gasteiger partial charge in [-0.05, 0) is 49.6 Å². The fourth-order valence-corrected chi connectivity index (χ4v) is 2.95. The van der Waals surface area contributed by atoms with Gasteiger partial charge in [0, 0.05) is 18.2 Å². The molecule has 1 aromatic rings. The third-order valence-corrected chi connectivity index (χ3v) is 4.16. The second kappa shape index (κ2) is 6.72. The second-order valence-electron chi connectivity index (χ2n) is 5.72. The van der Waals surface area contributed by atoms with Crippen LogP contribution >= 0.6 is 0 Å². The highest BCUT2D eigenvalue weighted by atomic mass is 16.4. The van der Waals surface area contributed by atoms with E-state index in [1.807, 2.05) is 13.0 Å². The van der Waals surface area contributed by atoms with Crippen molar-refractivity contribution >= 4 is 11.9 Å². The molecule has 0 radical (unpaired) electrons. The minimum Gasteiger partial charge on any atom is -0.481 e. The maximum Gasteiger partial charge on any atom is 0.304 e. The van der Waals surface area contributed by atoms with Gasteiger partial charge in [0.2, 0.25) is 5.91 Å². The van der Waals surface area contributed by atoms with Crippen LogP contribution in [0, 0.1) is 6.92 Å². The number of likely N-dealkylation sites (tertiary alicyclic amines) is 1. The lowest BCUT2D eigenvalue weighted by Crippen LogP contribution is -2.40. The number of piperidine rings is 1. The topological polar surface area (TPSA) is 83.6 Å². The summed E-state index contributed by atoms with van der Waals surface area (Å²) in [5.74, 6) is -1.17. The number of aryl methyl sites for hydroxylation is 1. The van der Waals surface area contributed by atoms with E-state index in [0.717, 1.165) is 43.5 Å². The Labute approximate surface area is 124 Å². The molecule has 1 aliphatic heterocycles. The molecule has 3 N–H and O–H groups in total. The Morgan fingerprint density at radius 3 is 2.76 bits per heavy atom. The Bertz CT molecular complexity index is 542. The van der Waals surface area contributed by atoms with Crippen LogP contribution < -0.4 is 5.73 Å². The number of primary amides is 1. The summed E-state index contributed by atoms with van der Waals surface area (Å²) in [7, 11) is 0. The van der Waals surface area contributed by atoms with Crippen LogP contribution in [0.5, 0.6) is 0 Å². The number of benzene rings is 1. The summed E-state index contributed by atoms with van der Waals surface area (Å²) in [6, 6.07) is 5.56. The van der Waals surface area contributed by atoms with Gasteiger partial charge in [-0.1, -0.05) is 12.5 Å². The average molecular weight is 290 g/mol. The zero-order chi connectivity index (χ0) is 15.4. The zero-order valence-corrected chi connectivity index (χ0v) is 12.3. The van der Waals surface area contributed by atoms with E-state index in [-0.39, 0.29) is 12.5 Å². The molecule has 1 aliphatic rings. The highest BCUT2D eigenvalue weighted by molar-refractivity contribution is 5.93. The van der Waals surface area contributed by atoms with Gasteiger partial charge in [-0.2, -0.15) is 0 Å². The number of carboxylic acid groups (broad SMARTS) is 1. The Hall–Kier alpha value is -1.88. The Kier molecular flexibility index (Phi) is 4.96. The van der Waals surface area contributed by atoms with Gasteiger partial charge < -0.3 is 10.8 Å². The number of hydrogen-bond acceptors (Lipinski definition) is 3. The van der Waals surface area contributed by atoms with Crippen LogP contribution in [0.15, 0.2) is 18.2 Å². The van der Waals surface area contributed by atoms with Crippen LogP contribution in [-0.2, 0) is 11.3 Å². The number of nitrogens with zero attached hydrogens (tertiary/aromatic N) is 1. The van der Waals surface area contributed by atoms with E-state index in [1.54, 1.807) is 12.1 Å². The SMILES string of the molecule is Cc1cc(C(N)=O)ccc1CN1CCCCC1CC(=O)O. The molecule has 0 bridgehead atoms. The number of rotatable bonds is 5. The van der Waals surface area contributed by atoms with E-state index >= 15 is 0 Å². The first kappa shape index (κ1) is 15.5. The van der Waals surface area contributed by atoms with E-state index < -0.39 is 11.9 Å². The van der Waals surface area contributed by atoms with Crippen molar-refractivity contribution in [3.8, 4) is 0 Å². The van der Waals surface area contributed by atoms with E-state index in [9.17, 15) is 9.59 Å². The van der Waals surface area contributed by atoms with Gasteiger partial charge >= 0.3 is 5.97 Å². The van der Waals surface area contributed by atoms with E-state index in [1.165, 1.54) is 0 Å². The number of amides is 1. The highest BCUT2D eigenvalue weighted by Gasteiger charge is 2.24. The van der Waals surface area contributed by atoms with Crippen molar-refractivity contribution in [3.63, 3.8) is 0 Å². The molecule has 1 aromatic carbocycles. The first-order valence-electron chi connectivity index (χ1n) is 7.32. The van der Waals surface area contributed by atoms with Crippen LogP contribution in [0.1, 0.15) is 47.2 Å². The molecule has 5 heteroatoms. The zero-order valence-electron chi connectivity index (χ0n) is 12.3.